The first-order valence-electron chi connectivity index (χ1n) is 9.99. The lowest BCUT2D eigenvalue weighted by atomic mass is 10.3. The summed E-state index contributed by atoms with van der Waals surface area (Å²) in [5, 5.41) is 5.61. The van der Waals surface area contributed by atoms with Crippen LogP contribution in [-0.4, -0.2) is 39.3 Å². The number of rotatable bonds is 6. The van der Waals surface area contributed by atoms with Gasteiger partial charge in [0.2, 0.25) is 0 Å². The van der Waals surface area contributed by atoms with Crippen molar-refractivity contribution in [2.75, 3.05) is 14.2 Å². The predicted octanol–water partition coefficient (Wildman–Crippen LogP) is 4.14. The Morgan fingerprint density at radius 1 is 0.706 bits per heavy atom. The third-order valence-corrected chi connectivity index (χ3v) is 9.19. The van der Waals surface area contributed by atoms with E-state index in [0.717, 1.165) is 15.9 Å². The molecule has 3 rings (SSSR count). The zero-order valence-electron chi connectivity index (χ0n) is 18.4. The van der Waals surface area contributed by atoms with E-state index in [1.54, 1.807) is 0 Å². The molecule has 0 fully saturated rings. The number of amides is 1. The highest BCUT2D eigenvalue weighted by atomic mass is 31.2. The van der Waals surface area contributed by atoms with E-state index in [9.17, 15) is 26.9 Å². The number of nitrogens with one attached hydrogen (secondary N) is 1. The van der Waals surface area contributed by atoms with Gasteiger partial charge in [-0.15, -0.1) is 0 Å². The van der Waals surface area contributed by atoms with Crippen molar-refractivity contribution in [1.82, 2.24) is 5.32 Å². The van der Waals surface area contributed by atoms with Gasteiger partial charge in [-0.25, -0.2) is 9.59 Å². The molecule has 0 aliphatic carbocycles. The molecule has 0 spiro atoms. The molecule has 0 bridgehead atoms. The molecule has 0 aromatic heterocycles. The van der Waals surface area contributed by atoms with Crippen LogP contribution in [0.5, 0.6) is 0 Å². The van der Waals surface area contributed by atoms with Crippen molar-refractivity contribution in [2.45, 2.75) is 5.78 Å². The Labute approximate surface area is 195 Å². The Morgan fingerprint density at radius 3 is 1.29 bits per heavy atom. The summed E-state index contributed by atoms with van der Waals surface area (Å²) >= 11 is 0. The van der Waals surface area contributed by atoms with Crippen molar-refractivity contribution >= 4 is 42.5 Å². The Balaban J connectivity index is 0.000000739. The smallest absolute Gasteiger partial charge is 0.465 e. The van der Waals surface area contributed by atoms with Crippen molar-refractivity contribution in [3.63, 3.8) is 0 Å². The van der Waals surface area contributed by atoms with E-state index in [1.807, 2.05) is 91.0 Å². The lowest BCUT2D eigenvalue weighted by molar-refractivity contribution is -0.140. The van der Waals surface area contributed by atoms with Gasteiger partial charge in [0, 0.05) is 0 Å². The van der Waals surface area contributed by atoms with Gasteiger partial charge in [0.1, 0.15) is 23.2 Å². The minimum Gasteiger partial charge on any atom is -0.465 e. The fraction of sp³-hybridized carbons (Fsp3) is 0.130. The molecule has 1 unspecified atom stereocenters. The Morgan fingerprint density at radius 2 is 1.03 bits per heavy atom. The van der Waals surface area contributed by atoms with Gasteiger partial charge in [-0.05, 0) is 36.4 Å². The second-order valence-corrected chi connectivity index (χ2v) is 10.3. The minimum absolute atomic E-state index is 0.528. The van der Waals surface area contributed by atoms with Crippen LogP contribution in [0.2, 0.25) is 0 Å². The van der Waals surface area contributed by atoms with E-state index in [-0.39, 0.29) is 0 Å². The molecule has 1 N–H and O–H groups in total. The molecule has 0 aliphatic rings. The third-order valence-electron chi connectivity index (χ3n) is 4.74. The molecule has 3 aromatic carbocycles. The number of carbonyl (C=O) groups is 2. The highest BCUT2D eigenvalue weighted by molar-refractivity contribution is 7.96. The van der Waals surface area contributed by atoms with Crippen LogP contribution in [-0.2, 0) is 14.3 Å². The number of esters is 1. The normalized spacial score (nSPS) is 11.9. The van der Waals surface area contributed by atoms with Crippen LogP contribution in [0.3, 0.4) is 0 Å². The highest BCUT2D eigenvalue weighted by Crippen LogP contribution is 2.59. The summed E-state index contributed by atoms with van der Waals surface area (Å²) in [6.45, 7) is 0. The fourth-order valence-electron chi connectivity index (χ4n) is 3.48. The van der Waals surface area contributed by atoms with Crippen LogP contribution in [0, 0.1) is 0 Å². The SMILES string of the molecule is COC(=O)NC(C(=O)OC)[P+](c1ccccc1)(c1ccccc1)c1ccccc1.F[B-](F)(F)F. The van der Waals surface area contributed by atoms with Crippen molar-refractivity contribution in [1.29, 1.82) is 0 Å². The van der Waals surface area contributed by atoms with E-state index < -0.39 is 32.4 Å². The first-order valence-corrected chi connectivity index (χ1v) is 11.9. The number of hydrogen-bond donors (Lipinski definition) is 1. The number of ether oxygens (including phenoxy) is 2. The van der Waals surface area contributed by atoms with E-state index >= 15 is 0 Å². The molecule has 0 aliphatic heterocycles. The minimum atomic E-state index is -6.00. The Hall–Kier alpha value is -3.39. The molecule has 3 aromatic rings. The Kier molecular flexibility index (Phi) is 9.63. The fourth-order valence-corrected chi connectivity index (χ4v) is 7.92. The summed E-state index contributed by atoms with van der Waals surface area (Å²) < 4.78 is 49.0. The van der Waals surface area contributed by atoms with Gasteiger partial charge in [0.15, 0.2) is 0 Å². The maximum atomic E-state index is 13.1. The van der Waals surface area contributed by atoms with Crippen LogP contribution >= 0.6 is 7.26 Å². The molecule has 0 saturated carbocycles. The van der Waals surface area contributed by atoms with Gasteiger partial charge in [-0.2, -0.15) is 0 Å². The average molecular weight is 495 g/mol. The number of carbonyl (C=O) groups excluding carboxylic acids is 2. The molecule has 1 amide bonds. The van der Waals surface area contributed by atoms with Gasteiger partial charge in [0.25, 0.3) is 5.78 Å². The summed E-state index contributed by atoms with van der Waals surface area (Å²) in [6.07, 6.45) is -0.687. The molecule has 34 heavy (non-hydrogen) atoms. The van der Waals surface area contributed by atoms with Crippen molar-refractivity contribution < 1.29 is 36.3 Å². The van der Waals surface area contributed by atoms with Gasteiger partial charge in [0.05, 0.1) is 14.2 Å². The zero-order chi connectivity index (χ0) is 25.2. The standard InChI is InChI=1S/C23H22NO4P.BF4/c1-27-22(25)21(24-23(26)28-2)29(18-12-6-3-7-13-18,19-14-8-4-9-15-19)20-16-10-5-11-17-20;2-1(3,4)5/h3-17,21H,1-2H3;/q;-1/p+1. The van der Waals surface area contributed by atoms with E-state index in [1.165, 1.54) is 14.2 Å². The summed E-state index contributed by atoms with van der Waals surface area (Å²) in [7, 11) is -6.09. The number of alkyl carbamates (subject to hydrolysis) is 1. The summed E-state index contributed by atoms with van der Waals surface area (Å²) in [4.78, 5) is 25.3. The second kappa shape index (κ2) is 12.2. The molecule has 5 nitrogen and oxygen atoms in total. The molecule has 0 saturated heterocycles. The van der Waals surface area contributed by atoms with Crippen LogP contribution in [0.1, 0.15) is 0 Å². The molecule has 180 valence electrons. The third kappa shape index (κ3) is 6.81. The van der Waals surface area contributed by atoms with Gasteiger partial charge in [-0.1, -0.05) is 54.6 Å². The lowest BCUT2D eigenvalue weighted by Crippen LogP contribution is -2.51. The Bertz CT molecular complexity index is 954. The predicted molar refractivity (Wildman–Crippen MR) is 127 cm³/mol. The maximum absolute atomic E-state index is 13.1. The number of benzene rings is 3. The van der Waals surface area contributed by atoms with Crippen molar-refractivity contribution in [3.8, 4) is 0 Å². The number of hydrogen-bond acceptors (Lipinski definition) is 4. The molecule has 1 atom stereocenters. The molecule has 0 radical (unpaired) electrons. The van der Waals surface area contributed by atoms with Crippen molar-refractivity contribution in [3.05, 3.63) is 91.0 Å². The van der Waals surface area contributed by atoms with Crippen LogP contribution in [0.4, 0.5) is 22.1 Å². The molecular weight excluding hydrogens is 472 g/mol. The maximum Gasteiger partial charge on any atom is 0.673 e. The van der Waals surface area contributed by atoms with Crippen LogP contribution < -0.4 is 21.2 Å². The quantitative estimate of drug-likeness (QED) is 0.242. The summed E-state index contributed by atoms with van der Waals surface area (Å²) in [5.41, 5.74) is 0. The summed E-state index contributed by atoms with van der Waals surface area (Å²) in [6, 6.07) is 29.3. The molecule has 0 heterocycles. The molecule has 11 heteroatoms. The van der Waals surface area contributed by atoms with Crippen LogP contribution in [0.15, 0.2) is 91.0 Å². The zero-order valence-corrected chi connectivity index (χ0v) is 19.3. The van der Waals surface area contributed by atoms with Gasteiger partial charge < -0.3 is 26.7 Å². The van der Waals surface area contributed by atoms with Crippen LogP contribution in [0.25, 0.3) is 0 Å². The largest absolute Gasteiger partial charge is 0.673 e. The highest BCUT2D eigenvalue weighted by Gasteiger charge is 2.57. The van der Waals surface area contributed by atoms with Crippen molar-refractivity contribution in [2.24, 2.45) is 0 Å². The first-order chi connectivity index (χ1) is 16.1. The topological polar surface area (TPSA) is 64.6 Å². The summed E-state index contributed by atoms with van der Waals surface area (Å²) in [5.74, 6) is -1.48. The number of halogens is 4. The second-order valence-electron chi connectivity index (χ2n) is 6.79. The van der Waals surface area contributed by atoms with E-state index in [2.05, 4.69) is 5.32 Å². The van der Waals surface area contributed by atoms with Gasteiger partial charge in [-0.3, -0.25) is 5.32 Å². The lowest BCUT2D eigenvalue weighted by Gasteiger charge is -2.32. The first kappa shape index (κ1) is 26.9. The number of methoxy groups -OCH3 is 2. The molecular formula is C23H23BF4NO4P. The van der Waals surface area contributed by atoms with E-state index in [0.29, 0.717) is 0 Å². The average Bonchev–Trinajstić information content (AvgIpc) is 2.84. The van der Waals surface area contributed by atoms with E-state index in [4.69, 9.17) is 9.47 Å². The van der Waals surface area contributed by atoms with Gasteiger partial charge >= 0.3 is 19.3 Å². The monoisotopic (exact) mass is 495 g/mol.